The highest BCUT2D eigenvalue weighted by Gasteiger charge is 2.07. The van der Waals surface area contributed by atoms with Crippen molar-refractivity contribution in [2.24, 2.45) is 0 Å². The molecule has 0 saturated heterocycles. The molecule has 18 heavy (non-hydrogen) atoms. The summed E-state index contributed by atoms with van der Waals surface area (Å²) in [4.78, 5) is 4.19. The summed E-state index contributed by atoms with van der Waals surface area (Å²) in [5.74, 6) is 0. The van der Waals surface area contributed by atoms with Crippen molar-refractivity contribution in [2.45, 2.75) is 13.8 Å². The van der Waals surface area contributed by atoms with Crippen LogP contribution in [0.25, 0.3) is 21.2 Å². The summed E-state index contributed by atoms with van der Waals surface area (Å²) in [5, 5.41) is 3.51. The van der Waals surface area contributed by atoms with Gasteiger partial charge in [0.25, 0.3) is 0 Å². The SMILES string of the molecule is Cc1c(N)cncc1-c1ccc2scc(C)c2c1. The minimum absolute atomic E-state index is 0.745. The number of nitrogens with two attached hydrogens (primary N) is 1. The van der Waals surface area contributed by atoms with Gasteiger partial charge in [-0.25, -0.2) is 0 Å². The third-order valence-electron chi connectivity index (χ3n) is 3.33. The third kappa shape index (κ3) is 1.68. The fourth-order valence-corrected chi connectivity index (χ4v) is 3.08. The quantitative estimate of drug-likeness (QED) is 0.708. The van der Waals surface area contributed by atoms with E-state index in [2.05, 4.69) is 35.5 Å². The van der Waals surface area contributed by atoms with Crippen LogP contribution in [-0.2, 0) is 0 Å². The van der Waals surface area contributed by atoms with Gasteiger partial charge >= 0.3 is 0 Å². The summed E-state index contributed by atoms with van der Waals surface area (Å²) in [6.07, 6.45) is 3.59. The van der Waals surface area contributed by atoms with Gasteiger partial charge in [-0.05, 0) is 53.4 Å². The largest absolute Gasteiger partial charge is 0.397 e. The van der Waals surface area contributed by atoms with E-state index in [0.717, 1.165) is 16.8 Å². The standard InChI is InChI=1S/C15H14N2S/c1-9-8-18-15-4-3-11(5-12(9)15)13-6-17-7-14(16)10(13)2/h3-8H,16H2,1-2H3. The molecule has 3 aromatic rings. The molecule has 0 amide bonds. The monoisotopic (exact) mass is 254 g/mol. The first-order valence-electron chi connectivity index (χ1n) is 5.85. The number of nitrogens with zero attached hydrogens (tertiary/aromatic N) is 1. The number of rotatable bonds is 1. The number of pyridine rings is 1. The fraction of sp³-hybridized carbons (Fsp3) is 0.133. The molecule has 3 heteroatoms. The number of benzene rings is 1. The zero-order valence-corrected chi connectivity index (χ0v) is 11.2. The van der Waals surface area contributed by atoms with E-state index in [-0.39, 0.29) is 0 Å². The van der Waals surface area contributed by atoms with Crippen LogP contribution < -0.4 is 5.73 Å². The second kappa shape index (κ2) is 4.10. The Bertz CT molecular complexity index is 728. The summed E-state index contributed by atoms with van der Waals surface area (Å²) >= 11 is 1.78. The number of hydrogen-bond donors (Lipinski definition) is 1. The lowest BCUT2D eigenvalue weighted by Gasteiger charge is -2.08. The predicted octanol–water partition coefficient (Wildman–Crippen LogP) is 4.16. The van der Waals surface area contributed by atoms with Crippen LogP contribution >= 0.6 is 11.3 Å². The van der Waals surface area contributed by atoms with Crippen LogP contribution in [0, 0.1) is 13.8 Å². The molecule has 2 N–H and O–H groups in total. The highest BCUT2D eigenvalue weighted by molar-refractivity contribution is 7.17. The van der Waals surface area contributed by atoms with Crippen LogP contribution in [0.15, 0.2) is 36.0 Å². The van der Waals surface area contributed by atoms with Gasteiger partial charge in [-0.15, -0.1) is 11.3 Å². The Morgan fingerprint density at radius 1 is 1.17 bits per heavy atom. The van der Waals surface area contributed by atoms with E-state index < -0.39 is 0 Å². The normalized spacial score (nSPS) is 11.0. The van der Waals surface area contributed by atoms with Crippen molar-refractivity contribution >= 4 is 27.1 Å². The maximum Gasteiger partial charge on any atom is 0.0536 e. The first-order chi connectivity index (χ1) is 8.66. The number of nitrogen functional groups attached to an aromatic ring is 1. The molecule has 2 nitrogen and oxygen atoms in total. The average molecular weight is 254 g/mol. The van der Waals surface area contributed by atoms with Gasteiger partial charge in [-0.3, -0.25) is 4.98 Å². The van der Waals surface area contributed by atoms with Crippen molar-refractivity contribution in [2.75, 3.05) is 5.73 Å². The molecule has 0 radical (unpaired) electrons. The molecular formula is C15H14N2S. The van der Waals surface area contributed by atoms with Gasteiger partial charge in [0.05, 0.1) is 11.9 Å². The lowest BCUT2D eigenvalue weighted by atomic mass is 10.0. The number of aromatic nitrogens is 1. The van der Waals surface area contributed by atoms with E-state index in [9.17, 15) is 0 Å². The molecule has 0 aliphatic carbocycles. The second-order valence-electron chi connectivity index (χ2n) is 4.53. The Kier molecular flexibility index (Phi) is 2.56. The van der Waals surface area contributed by atoms with E-state index in [4.69, 9.17) is 5.73 Å². The second-order valence-corrected chi connectivity index (χ2v) is 5.44. The van der Waals surface area contributed by atoms with Gasteiger partial charge < -0.3 is 5.73 Å². The number of aryl methyl sites for hydroxylation is 1. The third-order valence-corrected chi connectivity index (χ3v) is 4.41. The molecule has 0 bridgehead atoms. The van der Waals surface area contributed by atoms with Crippen LogP contribution in [0.5, 0.6) is 0 Å². The smallest absolute Gasteiger partial charge is 0.0536 e. The van der Waals surface area contributed by atoms with Gasteiger partial charge in [0.15, 0.2) is 0 Å². The fourth-order valence-electron chi connectivity index (χ4n) is 2.16. The van der Waals surface area contributed by atoms with E-state index in [1.807, 2.05) is 13.1 Å². The van der Waals surface area contributed by atoms with Gasteiger partial charge in [-0.2, -0.15) is 0 Å². The van der Waals surface area contributed by atoms with Crippen LogP contribution in [0.2, 0.25) is 0 Å². The predicted molar refractivity (Wildman–Crippen MR) is 78.9 cm³/mol. The Morgan fingerprint density at radius 3 is 2.83 bits per heavy atom. The Balaban J connectivity index is 2.25. The zero-order chi connectivity index (χ0) is 12.7. The van der Waals surface area contributed by atoms with E-state index in [1.165, 1.54) is 21.2 Å². The number of fused-ring (bicyclic) bond motifs is 1. The number of thiophene rings is 1. The average Bonchev–Trinajstić information content (AvgIpc) is 2.74. The van der Waals surface area contributed by atoms with Crippen molar-refractivity contribution in [3.05, 3.63) is 47.1 Å². The maximum absolute atomic E-state index is 5.92. The van der Waals surface area contributed by atoms with E-state index >= 15 is 0 Å². The summed E-state index contributed by atoms with van der Waals surface area (Å²) in [5.41, 5.74) is 11.4. The van der Waals surface area contributed by atoms with E-state index in [0.29, 0.717) is 0 Å². The molecule has 0 saturated carbocycles. The molecule has 0 aliphatic heterocycles. The summed E-state index contributed by atoms with van der Waals surface area (Å²) in [6, 6.07) is 6.54. The van der Waals surface area contributed by atoms with Crippen molar-refractivity contribution in [3.63, 3.8) is 0 Å². The van der Waals surface area contributed by atoms with Crippen LogP contribution in [0.1, 0.15) is 11.1 Å². The van der Waals surface area contributed by atoms with Crippen LogP contribution in [0.4, 0.5) is 5.69 Å². The molecule has 0 atom stereocenters. The first kappa shape index (κ1) is 11.2. The lowest BCUT2D eigenvalue weighted by Crippen LogP contribution is -1.93. The summed E-state index contributed by atoms with van der Waals surface area (Å²) < 4.78 is 1.32. The van der Waals surface area contributed by atoms with Crippen molar-refractivity contribution in [1.29, 1.82) is 0 Å². The Labute approximate surface area is 110 Å². The Morgan fingerprint density at radius 2 is 2.00 bits per heavy atom. The lowest BCUT2D eigenvalue weighted by molar-refractivity contribution is 1.29. The maximum atomic E-state index is 5.92. The molecule has 90 valence electrons. The highest BCUT2D eigenvalue weighted by Crippen LogP contribution is 2.32. The van der Waals surface area contributed by atoms with Crippen LogP contribution in [-0.4, -0.2) is 4.98 Å². The van der Waals surface area contributed by atoms with Gasteiger partial charge in [-0.1, -0.05) is 6.07 Å². The topological polar surface area (TPSA) is 38.9 Å². The molecule has 2 aromatic heterocycles. The Hall–Kier alpha value is -1.87. The summed E-state index contributed by atoms with van der Waals surface area (Å²) in [6.45, 7) is 4.18. The zero-order valence-electron chi connectivity index (χ0n) is 10.4. The molecule has 0 unspecified atom stereocenters. The number of anilines is 1. The minimum atomic E-state index is 0.745. The van der Waals surface area contributed by atoms with E-state index in [1.54, 1.807) is 17.5 Å². The molecule has 1 aromatic carbocycles. The highest BCUT2D eigenvalue weighted by atomic mass is 32.1. The van der Waals surface area contributed by atoms with Crippen LogP contribution in [0.3, 0.4) is 0 Å². The molecular weight excluding hydrogens is 240 g/mol. The van der Waals surface area contributed by atoms with Gasteiger partial charge in [0.2, 0.25) is 0 Å². The number of hydrogen-bond acceptors (Lipinski definition) is 3. The van der Waals surface area contributed by atoms with Crippen molar-refractivity contribution in [3.8, 4) is 11.1 Å². The van der Waals surface area contributed by atoms with Crippen molar-refractivity contribution in [1.82, 2.24) is 4.98 Å². The van der Waals surface area contributed by atoms with Crippen molar-refractivity contribution < 1.29 is 0 Å². The van der Waals surface area contributed by atoms with Gasteiger partial charge in [0, 0.05) is 16.5 Å². The molecule has 3 rings (SSSR count). The first-order valence-corrected chi connectivity index (χ1v) is 6.73. The van der Waals surface area contributed by atoms with Gasteiger partial charge in [0.1, 0.15) is 0 Å². The minimum Gasteiger partial charge on any atom is -0.397 e. The molecule has 2 heterocycles. The molecule has 0 spiro atoms. The molecule has 0 aliphatic rings. The summed E-state index contributed by atoms with van der Waals surface area (Å²) in [7, 11) is 0. The molecule has 0 fully saturated rings.